The maximum Gasteiger partial charge on any atom is 0.255 e. The first-order chi connectivity index (χ1) is 14.7. The van der Waals surface area contributed by atoms with Gasteiger partial charge in [-0.05, 0) is 23.8 Å². The Bertz CT molecular complexity index is 1230. The molecule has 0 saturated heterocycles. The molecule has 0 amide bonds. The summed E-state index contributed by atoms with van der Waals surface area (Å²) in [5.74, 6) is 0.640. The first-order valence-electron chi connectivity index (χ1n) is 9.76. The van der Waals surface area contributed by atoms with Crippen LogP contribution in [0.3, 0.4) is 0 Å². The molecule has 5 rings (SSSR count). The SMILES string of the molecule is O=c1[nH]c(-c2ccccc2)nc2c1CN(Cc1ccc(-c3ccc(Cl)s3)nc1)CC2. The lowest BCUT2D eigenvalue weighted by Gasteiger charge is -2.27. The molecule has 7 heteroatoms. The third-order valence-electron chi connectivity index (χ3n) is 5.25. The van der Waals surface area contributed by atoms with E-state index in [2.05, 4.69) is 20.9 Å². The minimum absolute atomic E-state index is 0.0494. The molecule has 0 spiro atoms. The zero-order valence-corrected chi connectivity index (χ0v) is 17.7. The Kier molecular flexibility index (Phi) is 5.21. The molecule has 1 aliphatic heterocycles. The summed E-state index contributed by atoms with van der Waals surface area (Å²) in [6.45, 7) is 2.20. The lowest BCUT2D eigenvalue weighted by Crippen LogP contribution is -2.35. The van der Waals surface area contributed by atoms with Crippen LogP contribution in [-0.4, -0.2) is 26.4 Å². The van der Waals surface area contributed by atoms with Gasteiger partial charge in [-0.15, -0.1) is 11.3 Å². The molecule has 150 valence electrons. The van der Waals surface area contributed by atoms with E-state index in [9.17, 15) is 4.79 Å². The Balaban J connectivity index is 1.32. The summed E-state index contributed by atoms with van der Waals surface area (Å²) in [5, 5.41) is 0. The van der Waals surface area contributed by atoms with E-state index in [0.29, 0.717) is 12.4 Å². The van der Waals surface area contributed by atoms with Gasteiger partial charge in [0.1, 0.15) is 5.82 Å². The van der Waals surface area contributed by atoms with Crippen LogP contribution in [0.4, 0.5) is 0 Å². The van der Waals surface area contributed by atoms with E-state index in [0.717, 1.165) is 56.8 Å². The van der Waals surface area contributed by atoms with Crippen LogP contribution < -0.4 is 5.56 Å². The van der Waals surface area contributed by atoms with Gasteiger partial charge in [-0.1, -0.05) is 48.0 Å². The molecule has 0 saturated carbocycles. The summed E-state index contributed by atoms with van der Waals surface area (Å²) in [6.07, 6.45) is 2.66. The van der Waals surface area contributed by atoms with Gasteiger partial charge < -0.3 is 4.98 Å². The molecule has 4 heterocycles. The number of thiophene rings is 1. The van der Waals surface area contributed by atoms with Gasteiger partial charge in [0.15, 0.2) is 0 Å². The Morgan fingerprint density at radius 1 is 1.10 bits per heavy atom. The van der Waals surface area contributed by atoms with Crippen LogP contribution in [0.5, 0.6) is 0 Å². The number of hydrogen-bond donors (Lipinski definition) is 1. The maximum atomic E-state index is 12.7. The average molecular weight is 435 g/mol. The van der Waals surface area contributed by atoms with Crippen molar-refractivity contribution in [2.45, 2.75) is 19.5 Å². The highest BCUT2D eigenvalue weighted by atomic mass is 35.5. The van der Waals surface area contributed by atoms with E-state index in [-0.39, 0.29) is 5.56 Å². The lowest BCUT2D eigenvalue weighted by atomic mass is 10.1. The third-order valence-corrected chi connectivity index (χ3v) is 6.51. The van der Waals surface area contributed by atoms with Crippen LogP contribution in [0.1, 0.15) is 16.8 Å². The molecule has 4 aromatic rings. The molecule has 30 heavy (non-hydrogen) atoms. The molecule has 0 unspecified atom stereocenters. The van der Waals surface area contributed by atoms with Gasteiger partial charge in [0.25, 0.3) is 5.56 Å². The lowest BCUT2D eigenvalue weighted by molar-refractivity contribution is 0.241. The topological polar surface area (TPSA) is 61.9 Å². The van der Waals surface area contributed by atoms with Crippen LogP contribution in [0.2, 0.25) is 4.34 Å². The molecule has 0 radical (unpaired) electrons. The number of fused-ring (bicyclic) bond motifs is 1. The molecule has 0 fully saturated rings. The van der Waals surface area contributed by atoms with E-state index in [1.165, 1.54) is 11.3 Å². The van der Waals surface area contributed by atoms with Gasteiger partial charge in [0.05, 0.1) is 26.2 Å². The Morgan fingerprint density at radius 3 is 2.70 bits per heavy atom. The van der Waals surface area contributed by atoms with Crippen molar-refractivity contribution in [3.63, 3.8) is 0 Å². The number of pyridine rings is 1. The fourth-order valence-corrected chi connectivity index (χ4v) is 4.74. The van der Waals surface area contributed by atoms with Gasteiger partial charge in [-0.25, -0.2) is 4.98 Å². The predicted octanol–water partition coefficient (Wildman–Crippen LogP) is 4.77. The zero-order chi connectivity index (χ0) is 20.5. The second-order valence-electron chi connectivity index (χ2n) is 7.32. The van der Waals surface area contributed by atoms with E-state index in [1.54, 1.807) is 0 Å². The second-order valence-corrected chi connectivity index (χ2v) is 9.04. The third kappa shape index (κ3) is 3.94. The Labute approximate surface area is 183 Å². The number of aromatic nitrogens is 3. The zero-order valence-electron chi connectivity index (χ0n) is 16.1. The summed E-state index contributed by atoms with van der Waals surface area (Å²) in [5.41, 5.74) is 4.59. The van der Waals surface area contributed by atoms with Crippen molar-refractivity contribution in [2.24, 2.45) is 0 Å². The second kappa shape index (κ2) is 8.14. The molecular weight excluding hydrogens is 416 g/mol. The van der Waals surface area contributed by atoms with Gasteiger partial charge in [-0.2, -0.15) is 0 Å². The van der Waals surface area contributed by atoms with E-state index in [1.807, 2.05) is 54.7 Å². The number of halogens is 1. The number of nitrogens with one attached hydrogen (secondary N) is 1. The van der Waals surface area contributed by atoms with Crippen LogP contribution in [-0.2, 0) is 19.5 Å². The fraction of sp³-hybridized carbons (Fsp3) is 0.174. The van der Waals surface area contributed by atoms with E-state index in [4.69, 9.17) is 16.6 Å². The molecule has 0 atom stereocenters. The molecule has 1 N–H and O–H groups in total. The highest BCUT2D eigenvalue weighted by molar-refractivity contribution is 7.19. The van der Waals surface area contributed by atoms with Crippen LogP contribution in [0.15, 0.2) is 65.6 Å². The Morgan fingerprint density at radius 2 is 1.97 bits per heavy atom. The van der Waals surface area contributed by atoms with E-state index < -0.39 is 0 Å². The van der Waals surface area contributed by atoms with Crippen molar-refractivity contribution in [3.8, 4) is 22.0 Å². The molecule has 1 aliphatic rings. The summed E-state index contributed by atoms with van der Waals surface area (Å²) in [7, 11) is 0. The molecule has 1 aromatic carbocycles. The number of nitrogens with zero attached hydrogens (tertiary/aromatic N) is 3. The summed E-state index contributed by atoms with van der Waals surface area (Å²) in [4.78, 5) is 28.3. The van der Waals surface area contributed by atoms with Crippen LogP contribution in [0.25, 0.3) is 22.0 Å². The Hall–Kier alpha value is -2.80. The number of rotatable bonds is 4. The van der Waals surface area contributed by atoms with E-state index >= 15 is 0 Å². The number of hydrogen-bond acceptors (Lipinski definition) is 5. The van der Waals surface area contributed by atoms with Gasteiger partial charge in [0, 0.05) is 37.8 Å². The molecule has 3 aromatic heterocycles. The van der Waals surface area contributed by atoms with Gasteiger partial charge in [0.2, 0.25) is 0 Å². The van der Waals surface area contributed by atoms with Gasteiger partial charge >= 0.3 is 0 Å². The normalized spacial score (nSPS) is 13.9. The quantitative estimate of drug-likeness (QED) is 0.502. The standard InChI is InChI=1S/C23H19ClN4OS/c24-21-9-8-20(30-21)19-7-6-15(12-25-19)13-28-11-10-18-17(14-28)23(29)27-22(26-18)16-4-2-1-3-5-16/h1-9,12H,10-11,13-14H2,(H,26,27,29). The van der Waals surface area contributed by atoms with Crippen LogP contribution >= 0.6 is 22.9 Å². The minimum Gasteiger partial charge on any atom is -0.306 e. The highest BCUT2D eigenvalue weighted by Crippen LogP contribution is 2.29. The van der Waals surface area contributed by atoms with Crippen molar-refractivity contribution < 1.29 is 0 Å². The van der Waals surface area contributed by atoms with Crippen LogP contribution in [0, 0.1) is 0 Å². The number of benzene rings is 1. The first-order valence-corrected chi connectivity index (χ1v) is 11.0. The number of H-pyrrole nitrogens is 1. The maximum absolute atomic E-state index is 12.7. The van der Waals surface area contributed by atoms with Crippen molar-refractivity contribution in [1.82, 2.24) is 19.9 Å². The highest BCUT2D eigenvalue weighted by Gasteiger charge is 2.21. The summed E-state index contributed by atoms with van der Waals surface area (Å²) >= 11 is 7.54. The number of aromatic amines is 1. The molecule has 0 bridgehead atoms. The summed E-state index contributed by atoms with van der Waals surface area (Å²) in [6, 6.07) is 17.8. The van der Waals surface area contributed by atoms with Crippen molar-refractivity contribution in [2.75, 3.05) is 6.54 Å². The fourth-order valence-electron chi connectivity index (χ4n) is 3.72. The van der Waals surface area contributed by atoms with Gasteiger partial charge in [-0.3, -0.25) is 14.7 Å². The van der Waals surface area contributed by atoms with Crippen molar-refractivity contribution >= 4 is 22.9 Å². The largest absolute Gasteiger partial charge is 0.306 e. The monoisotopic (exact) mass is 434 g/mol. The molecular formula is C23H19ClN4OS. The van der Waals surface area contributed by atoms with Crippen molar-refractivity contribution in [1.29, 1.82) is 0 Å². The molecule has 0 aliphatic carbocycles. The predicted molar refractivity (Wildman–Crippen MR) is 121 cm³/mol. The summed E-state index contributed by atoms with van der Waals surface area (Å²) < 4.78 is 0.761. The molecule has 5 nitrogen and oxygen atoms in total. The van der Waals surface area contributed by atoms with Crippen molar-refractivity contribution in [3.05, 3.63) is 92.3 Å². The smallest absolute Gasteiger partial charge is 0.255 e. The average Bonchev–Trinajstić information content (AvgIpc) is 3.21. The minimum atomic E-state index is -0.0494. The first kappa shape index (κ1) is 19.2.